The van der Waals surface area contributed by atoms with E-state index in [0.29, 0.717) is 18.2 Å². The Morgan fingerprint density at radius 2 is 2.25 bits per heavy atom. The molecule has 0 bridgehead atoms. The lowest BCUT2D eigenvalue weighted by Gasteiger charge is -2.32. The molecule has 5 nitrogen and oxygen atoms in total. The maximum atomic E-state index is 13.0. The molecule has 0 atom stereocenters. The molecule has 1 fully saturated rings. The van der Waals surface area contributed by atoms with Gasteiger partial charge in [-0.2, -0.15) is 5.10 Å². The van der Waals surface area contributed by atoms with Crippen molar-refractivity contribution in [1.29, 1.82) is 0 Å². The molecule has 1 aliphatic carbocycles. The third kappa shape index (κ3) is 2.86. The highest BCUT2D eigenvalue weighted by Crippen LogP contribution is 2.32. The molecule has 24 heavy (non-hydrogen) atoms. The van der Waals surface area contributed by atoms with E-state index in [0.717, 1.165) is 29.9 Å². The molecule has 124 valence electrons. The van der Waals surface area contributed by atoms with Crippen LogP contribution in [-0.4, -0.2) is 33.8 Å². The highest BCUT2D eigenvalue weighted by atomic mass is 16.2. The Bertz CT molecular complexity index is 788. The monoisotopic (exact) mass is 322 g/mol. The van der Waals surface area contributed by atoms with Crippen LogP contribution in [0.15, 0.2) is 29.3 Å². The molecule has 1 aromatic heterocycles. The predicted molar refractivity (Wildman–Crippen MR) is 93.7 cm³/mol. The Balaban J connectivity index is 1.59. The fraction of sp³-hybridized carbons (Fsp3) is 0.421. The number of aryl methyl sites for hydroxylation is 1. The number of hydrogen-bond acceptors (Lipinski definition) is 3. The van der Waals surface area contributed by atoms with E-state index in [1.165, 1.54) is 24.8 Å². The van der Waals surface area contributed by atoms with E-state index in [4.69, 9.17) is 0 Å². The van der Waals surface area contributed by atoms with Gasteiger partial charge in [0.15, 0.2) is 0 Å². The van der Waals surface area contributed by atoms with E-state index in [-0.39, 0.29) is 5.91 Å². The first kappa shape index (κ1) is 15.1. The first-order chi connectivity index (χ1) is 11.7. The standard InChI is InChI=1S/C19H22N4O/c1-13-10-17(22-21-13)19(24)23(11-14-4-2-5-14)12-16-7-3-6-15-8-9-20-18(15)16/h3,6-7,9-10,14H,2,4-5,8,11-12H2,1H3,(H,21,22). The number of nitrogens with one attached hydrogen (secondary N) is 1. The van der Waals surface area contributed by atoms with Crippen molar-refractivity contribution in [3.8, 4) is 0 Å². The summed E-state index contributed by atoms with van der Waals surface area (Å²) in [6, 6.07) is 8.09. The smallest absolute Gasteiger partial charge is 0.272 e. The van der Waals surface area contributed by atoms with E-state index in [2.05, 4.69) is 33.4 Å². The fourth-order valence-corrected chi connectivity index (χ4v) is 3.45. The number of aromatic nitrogens is 2. The van der Waals surface area contributed by atoms with Crippen molar-refractivity contribution < 1.29 is 4.79 Å². The first-order valence-electron chi connectivity index (χ1n) is 8.65. The van der Waals surface area contributed by atoms with Gasteiger partial charge in [0.1, 0.15) is 5.69 Å². The quantitative estimate of drug-likeness (QED) is 0.917. The molecule has 2 aromatic rings. The van der Waals surface area contributed by atoms with Crippen LogP contribution >= 0.6 is 0 Å². The zero-order valence-corrected chi connectivity index (χ0v) is 14.0. The van der Waals surface area contributed by atoms with Crippen LogP contribution in [0.4, 0.5) is 5.69 Å². The van der Waals surface area contributed by atoms with Gasteiger partial charge in [-0.05, 0) is 42.9 Å². The van der Waals surface area contributed by atoms with Gasteiger partial charge in [-0.15, -0.1) is 0 Å². The fourth-order valence-electron chi connectivity index (χ4n) is 3.45. The summed E-state index contributed by atoms with van der Waals surface area (Å²) < 4.78 is 0. The normalized spacial score (nSPS) is 16.0. The van der Waals surface area contributed by atoms with Crippen molar-refractivity contribution in [2.24, 2.45) is 10.9 Å². The molecular weight excluding hydrogens is 300 g/mol. The molecule has 2 aliphatic rings. The van der Waals surface area contributed by atoms with Crippen LogP contribution in [0.5, 0.6) is 0 Å². The van der Waals surface area contributed by atoms with Crippen molar-refractivity contribution >= 4 is 17.8 Å². The minimum atomic E-state index is 0.0297. The number of rotatable bonds is 5. The molecule has 0 saturated heterocycles. The summed E-state index contributed by atoms with van der Waals surface area (Å²) in [6.07, 6.45) is 6.55. The highest BCUT2D eigenvalue weighted by Gasteiger charge is 2.26. The number of fused-ring (bicyclic) bond motifs is 1. The molecule has 2 heterocycles. The third-order valence-electron chi connectivity index (χ3n) is 5.02. The average Bonchev–Trinajstić information content (AvgIpc) is 3.17. The number of amides is 1. The van der Waals surface area contributed by atoms with Crippen LogP contribution in [0.1, 0.15) is 46.6 Å². The predicted octanol–water partition coefficient (Wildman–Crippen LogP) is 3.42. The van der Waals surface area contributed by atoms with Gasteiger partial charge in [0.05, 0.1) is 11.4 Å². The van der Waals surface area contributed by atoms with Gasteiger partial charge in [0.25, 0.3) is 5.91 Å². The van der Waals surface area contributed by atoms with Crippen molar-refractivity contribution in [2.75, 3.05) is 6.54 Å². The van der Waals surface area contributed by atoms with Crippen LogP contribution in [-0.2, 0) is 13.0 Å². The second kappa shape index (κ2) is 6.23. The highest BCUT2D eigenvalue weighted by molar-refractivity contribution is 5.92. The summed E-state index contributed by atoms with van der Waals surface area (Å²) in [6.45, 7) is 3.31. The summed E-state index contributed by atoms with van der Waals surface area (Å²) in [5.41, 5.74) is 4.84. The molecule has 1 N–H and O–H groups in total. The molecular formula is C19H22N4O. The lowest BCUT2D eigenvalue weighted by atomic mass is 9.85. The van der Waals surface area contributed by atoms with E-state index < -0.39 is 0 Å². The molecule has 1 amide bonds. The molecule has 0 radical (unpaired) electrons. The van der Waals surface area contributed by atoms with Crippen LogP contribution in [0.3, 0.4) is 0 Å². The molecule has 4 rings (SSSR count). The second-order valence-electron chi connectivity index (χ2n) is 6.85. The number of aromatic amines is 1. The summed E-state index contributed by atoms with van der Waals surface area (Å²) in [7, 11) is 0. The summed E-state index contributed by atoms with van der Waals surface area (Å²) in [4.78, 5) is 19.4. The minimum absolute atomic E-state index is 0.0297. The number of carbonyl (C=O) groups excluding carboxylic acids is 1. The van der Waals surface area contributed by atoms with Gasteiger partial charge in [0, 0.05) is 25.7 Å². The number of aliphatic imine (C=N–C) groups is 1. The zero-order valence-electron chi connectivity index (χ0n) is 14.0. The Hall–Kier alpha value is -2.43. The van der Waals surface area contributed by atoms with Gasteiger partial charge >= 0.3 is 0 Å². The van der Waals surface area contributed by atoms with Crippen molar-refractivity contribution in [3.63, 3.8) is 0 Å². The summed E-state index contributed by atoms with van der Waals surface area (Å²) in [5.74, 6) is 0.653. The van der Waals surface area contributed by atoms with Crippen molar-refractivity contribution in [3.05, 3.63) is 46.8 Å². The first-order valence-corrected chi connectivity index (χ1v) is 8.65. The van der Waals surface area contributed by atoms with E-state index in [1.54, 1.807) is 0 Å². The van der Waals surface area contributed by atoms with Gasteiger partial charge in [-0.1, -0.05) is 24.6 Å². The average molecular weight is 322 g/mol. The largest absolute Gasteiger partial charge is 0.333 e. The van der Waals surface area contributed by atoms with Crippen LogP contribution in [0.2, 0.25) is 0 Å². The number of hydrogen-bond donors (Lipinski definition) is 1. The van der Waals surface area contributed by atoms with Crippen LogP contribution in [0, 0.1) is 12.8 Å². The van der Waals surface area contributed by atoms with Gasteiger partial charge in [-0.25, -0.2) is 0 Å². The van der Waals surface area contributed by atoms with Gasteiger partial charge < -0.3 is 4.90 Å². The lowest BCUT2D eigenvalue weighted by molar-refractivity contribution is 0.0674. The Morgan fingerprint density at radius 3 is 2.96 bits per heavy atom. The number of carbonyl (C=O) groups is 1. The number of benzene rings is 1. The Kier molecular flexibility index (Phi) is 3.92. The maximum Gasteiger partial charge on any atom is 0.272 e. The minimum Gasteiger partial charge on any atom is -0.333 e. The lowest BCUT2D eigenvalue weighted by Crippen LogP contribution is -2.37. The van der Waals surface area contributed by atoms with Gasteiger partial charge in [0.2, 0.25) is 0 Å². The molecule has 0 spiro atoms. The Labute approximate surface area is 141 Å². The molecule has 1 saturated carbocycles. The van der Waals surface area contributed by atoms with Crippen LogP contribution < -0.4 is 0 Å². The van der Waals surface area contributed by atoms with Crippen molar-refractivity contribution in [1.82, 2.24) is 15.1 Å². The van der Waals surface area contributed by atoms with E-state index in [1.807, 2.05) is 24.1 Å². The molecule has 1 aromatic carbocycles. The van der Waals surface area contributed by atoms with E-state index in [9.17, 15) is 4.79 Å². The van der Waals surface area contributed by atoms with Crippen LogP contribution in [0.25, 0.3) is 0 Å². The zero-order chi connectivity index (χ0) is 16.5. The molecule has 5 heteroatoms. The summed E-state index contributed by atoms with van der Waals surface area (Å²) in [5, 5.41) is 6.96. The second-order valence-corrected chi connectivity index (χ2v) is 6.85. The number of H-pyrrole nitrogens is 1. The third-order valence-corrected chi connectivity index (χ3v) is 5.02. The van der Waals surface area contributed by atoms with Gasteiger partial charge in [-0.3, -0.25) is 14.9 Å². The number of para-hydroxylation sites is 1. The SMILES string of the molecule is Cc1cc(C(=O)N(Cc2cccc3c2N=CC3)CC2CCC2)[nH]n1. The Morgan fingerprint density at radius 1 is 1.38 bits per heavy atom. The molecule has 1 aliphatic heterocycles. The van der Waals surface area contributed by atoms with E-state index >= 15 is 0 Å². The number of nitrogens with zero attached hydrogens (tertiary/aromatic N) is 3. The van der Waals surface area contributed by atoms with Crippen molar-refractivity contribution in [2.45, 2.75) is 39.2 Å². The maximum absolute atomic E-state index is 13.0. The summed E-state index contributed by atoms with van der Waals surface area (Å²) >= 11 is 0. The molecule has 0 unspecified atom stereocenters. The topological polar surface area (TPSA) is 61.4 Å².